The van der Waals surface area contributed by atoms with E-state index < -0.39 is 12.3 Å². The number of nitrogens with one attached hydrogen (secondary N) is 1. The molecule has 1 aromatic carbocycles. The van der Waals surface area contributed by atoms with E-state index in [2.05, 4.69) is 20.4 Å². The Hall–Kier alpha value is -3.20. The van der Waals surface area contributed by atoms with Crippen molar-refractivity contribution < 1.29 is 14.2 Å². The van der Waals surface area contributed by atoms with E-state index in [1.165, 1.54) is 0 Å². The van der Waals surface area contributed by atoms with Gasteiger partial charge in [-0.25, -0.2) is 13.9 Å². The molecule has 9 heteroatoms. The van der Waals surface area contributed by atoms with Gasteiger partial charge >= 0.3 is 0 Å². The first-order valence-corrected chi connectivity index (χ1v) is 11.3. The van der Waals surface area contributed by atoms with Crippen LogP contribution < -0.4 is 10.1 Å². The normalized spacial score (nSPS) is 21.1. The number of rotatable bonds is 6. The number of anilines is 1. The van der Waals surface area contributed by atoms with Crippen molar-refractivity contribution in [2.75, 3.05) is 19.1 Å². The predicted molar refractivity (Wildman–Crippen MR) is 125 cm³/mol. The first-order valence-electron chi connectivity index (χ1n) is 11.3. The summed E-state index contributed by atoms with van der Waals surface area (Å²) >= 11 is 0. The van der Waals surface area contributed by atoms with Crippen LogP contribution in [0.5, 0.6) is 5.88 Å². The Morgan fingerprint density at radius 3 is 2.76 bits per heavy atom. The molecule has 3 heterocycles. The van der Waals surface area contributed by atoms with Crippen molar-refractivity contribution in [1.29, 1.82) is 0 Å². The van der Waals surface area contributed by atoms with Crippen LogP contribution in [0, 0.1) is 6.92 Å². The van der Waals surface area contributed by atoms with Crippen molar-refractivity contribution >= 4 is 22.5 Å². The fourth-order valence-electron chi connectivity index (χ4n) is 4.77. The summed E-state index contributed by atoms with van der Waals surface area (Å²) in [7, 11) is 1.60. The van der Waals surface area contributed by atoms with Gasteiger partial charge in [0.25, 0.3) is 0 Å². The van der Waals surface area contributed by atoms with Crippen LogP contribution in [0.15, 0.2) is 30.5 Å². The third-order valence-corrected chi connectivity index (χ3v) is 6.63. The lowest BCUT2D eigenvalue weighted by Gasteiger charge is -2.33. The van der Waals surface area contributed by atoms with Gasteiger partial charge in [-0.15, -0.1) is 5.10 Å². The minimum atomic E-state index is -0.588. The summed E-state index contributed by atoms with van der Waals surface area (Å²) in [6.45, 7) is 3.61. The summed E-state index contributed by atoms with van der Waals surface area (Å²) in [6, 6.07) is 8.18. The van der Waals surface area contributed by atoms with E-state index in [9.17, 15) is 9.50 Å². The van der Waals surface area contributed by atoms with Gasteiger partial charge in [-0.1, -0.05) is 6.07 Å². The molecule has 0 bridgehead atoms. The molecule has 2 N–H and O–H groups in total. The topological polar surface area (TPSA) is 89.5 Å². The van der Waals surface area contributed by atoms with Gasteiger partial charge in [0.15, 0.2) is 0 Å². The van der Waals surface area contributed by atoms with Gasteiger partial charge < -0.3 is 19.7 Å². The largest absolute Gasteiger partial charge is 0.479 e. The number of fused-ring (bicyclic) bond motifs is 2. The molecule has 0 amide bonds. The number of halogens is 1. The maximum absolute atomic E-state index is 13.1. The Morgan fingerprint density at radius 1 is 1.24 bits per heavy atom. The maximum Gasteiger partial charge on any atom is 0.244 e. The molecule has 4 aromatic rings. The van der Waals surface area contributed by atoms with Crippen LogP contribution in [0.2, 0.25) is 0 Å². The van der Waals surface area contributed by atoms with Crippen molar-refractivity contribution in [2.45, 2.75) is 57.7 Å². The highest BCUT2D eigenvalue weighted by Gasteiger charge is 2.29. The summed E-state index contributed by atoms with van der Waals surface area (Å²) in [5.41, 5.74) is 3.81. The number of aromatic nitrogens is 5. The molecule has 33 heavy (non-hydrogen) atoms. The van der Waals surface area contributed by atoms with Gasteiger partial charge in [-0.2, -0.15) is 4.98 Å². The monoisotopic (exact) mass is 452 g/mol. The molecule has 1 aliphatic carbocycles. The fourth-order valence-corrected chi connectivity index (χ4v) is 4.77. The third kappa shape index (κ3) is 4.01. The second-order valence-corrected chi connectivity index (χ2v) is 9.09. The standard InChI is InChI=1S/C24H29FN6O2/c1-15-26-19-5-4-16(14-20(19)30(15)13-11-25)18-8-12-31-21(18)22(33-3)28-23(29-31)27-17-6-9-24(2,32)10-7-17/h4-5,8,12,14,17,32H,6-7,9-11,13H2,1-3H3,(H,27,29). The molecule has 0 unspecified atom stereocenters. The van der Waals surface area contributed by atoms with E-state index in [1.807, 2.05) is 48.9 Å². The van der Waals surface area contributed by atoms with Crippen molar-refractivity contribution in [2.24, 2.45) is 0 Å². The summed E-state index contributed by atoms with van der Waals surface area (Å²) in [5.74, 6) is 1.77. The van der Waals surface area contributed by atoms with E-state index in [4.69, 9.17) is 4.74 Å². The number of ether oxygens (including phenoxy) is 1. The maximum atomic E-state index is 13.1. The second-order valence-electron chi connectivity index (χ2n) is 9.09. The minimum absolute atomic E-state index is 0.212. The summed E-state index contributed by atoms with van der Waals surface area (Å²) in [6.07, 6.45) is 5.11. The van der Waals surface area contributed by atoms with Crippen molar-refractivity contribution in [3.63, 3.8) is 0 Å². The number of nitrogens with zero attached hydrogens (tertiary/aromatic N) is 5. The van der Waals surface area contributed by atoms with Gasteiger partial charge in [0, 0.05) is 17.8 Å². The molecular formula is C24H29FN6O2. The molecule has 8 nitrogen and oxygen atoms in total. The molecule has 0 aliphatic heterocycles. The quantitative estimate of drug-likeness (QED) is 0.457. The van der Waals surface area contributed by atoms with E-state index in [1.54, 1.807) is 11.6 Å². The Balaban J connectivity index is 1.51. The van der Waals surface area contributed by atoms with Crippen LogP contribution in [0.1, 0.15) is 38.4 Å². The zero-order valence-electron chi connectivity index (χ0n) is 19.2. The summed E-state index contributed by atoms with van der Waals surface area (Å²) in [5, 5.41) is 18.3. The highest BCUT2D eigenvalue weighted by Crippen LogP contribution is 2.34. The van der Waals surface area contributed by atoms with Crippen molar-refractivity contribution in [1.82, 2.24) is 24.1 Å². The van der Waals surface area contributed by atoms with E-state index in [0.29, 0.717) is 11.8 Å². The highest BCUT2D eigenvalue weighted by atomic mass is 19.1. The van der Waals surface area contributed by atoms with Crippen LogP contribution in [0.3, 0.4) is 0 Å². The molecule has 1 saturated carbocycles. The third-order valence-electron chi connectivity index (χ3n) is 6.63. The predicted octanol–water partition coefficient (Wildman–Crippen LogP) is 4.14. The Bertz CT molecular complexity index is 1300. The number of aliphatic hydroxyl groups is 1. The van der Waals surface area contributed by atoms with Crippen LogP contribution >= 0.6 is 0 Å². The Labute approximate surface area is 191 Å². The van der Waals surface area contributed by atoms with Gasteiger partial charge in [-0.3, -0.25) is 0 Å². The molecule has 174 valence electrons. The number of alkyl halides is 1. The Morgan fingerprint density at radius 2 is 2.03 bits per heavy atom. The lowest BCUT2D eigenvalue weighted by Crippen LogP contribution is -2.36. The van der Waals surface area contributed by atoms with Crippen LogP contribution in [-0.2, 0) is 6.54 Å². The second kappa shape index (κ2) is 8.30. The first-order chi connectivity index (χ1) is 15.9. The van der Waals surface area contributed by atoms with Gasteiger partial charge in [-0.05, 0) is 63.3 Å². The Kier molecular flexibility index (Phi) is 5.44. The number of hydrogen-bond donors (Lipinski definition) is 2. The molecule has 0 spiro atoms. The molecule has 3 aromatic heterocycles. The molecule has 5 rings (SSSR count). The van der Waals surface area contributed by atoms with E-state index in [0.717, 1.165) is 59.2 Å². The average Bonchev–Trinajstić information content (AvgIpc) is 3.35. The molecule has 1 fully saturated rings. The zero-order valence-corrected chi connectivity index (χ0v) is 19.2. The lowest BCUT2D eigenvalue weighted by molar-refractivity contribution is 0.0195. The van der Waals surface area contributed by atoms with Gasteiger partial charge in [0.1, 0.15) is 18.0 Å². The zero-order chi connectivity index (χ0) is 23.2. The molecule has 0 saturated heterocycles. The van der Waals surface area contributed by atoms with E-state index in [-0.39, 0.29) is 12.6 Å². The summed E-state index contributed by atoms with van der Waals surface area (Å²) in [4.78, 5) is 9.17. The number of imidazole rings is 1. The minimum Gasteiger partial charge on any atom is -0.479 e. The molecular weight excluding hydrogens is 423 g/mol. The van der Waals surface area contributed by atoms with Crippen LogP contribution in [-0.4, -0.2) is 54.7 Å². The fraction of sp³-hybridized carbons (Fsp3) is 0.458. The smallest absolute Gasteiger partial charge is 0.244 e. The first kappa shape index (κ1) is 21.6. The molecule has 0 radical (unpaired) electrons. The van der Waals surface area contributed by atoms with Gasteiger partial charge in [0.05, 0.1) is 30.3 Å². The average molecular weight is 453 g/mol. The lowest BCUT2D eigenvalue weighted by atomic mass is 9.84. The summed E-state index contributed by atoms with van der Waals surface area (Å²) < 4.78 is 22.4. The van der Waals surface area contributed by atoms with Crippen LogP contribution in [0.4, 0.5) is 10.3 Å². The number of methoxy groups -OCH3 is 1. The molecule has 1 aliphatic rings. The highest BCUT2D eigenvalue weighted by molar-refractivity contribution is 5.89. The van der Waals surface area contributed by atoms with Gasteiger partial charge in [0.2, 0.25) is 11.8 Å². The van der Waals surface area contributed by atoms with Crippen molar-refractivity contribution in [3.8, 4) is 17.0 Å². The number of benzene rings is 1. The van der Waals surface area contributed by atoms with Crippen molar-refractivity contribution in [3.05, 3.63) is 36.3 Å². The molecule has 0 atom stereocenters. The SMILES string of the molecule is COc1nc(NC2CCC(C)(O)CC2)nn2ccc(-c3ccc4nc(C)n(CCF)c4c3)c12. The number of aryl methyl sites for hydroxylation is 2. The van der Waals surface area contributed by atoms with E-state index >= 15 is 0 Å². The van der Waals surface area contributed by atoms with Crippen LogP contribution in [0.25, 0.3) is 27.7 Å². The number of hydrogen-bond acceptors (Lipinski definition) is 6.